The zero-order chi connectivity index (χ0) is 29.1. The zero-order valence-electron chi connectivity index (χ0n) is 21.4. The van der Waals surface area contributed by atoms with Gasteiger partial charge in [-0.25, -0.2) is 19.7 Å². The molecule has 0 aliphatic rings. The van der Waals surface area contributed by atoms with E-state index in [9.17, 15) is 18.0 Å². The van der Waals surface area contributed by atoms with E-state index in [0.29, 0.717) is 32.6 Å². The Balaban J connectivity index is 0.000000559. The number of rotatable bonds is 10. The smallest absolute Gasteiger partial charge is 0.490 e. The fourth-order valence-electron chi connectivity index (χ4n) is 3.38. The number of fused-ring (bicyclic) bond motifs is 1. The van der Waals surface area contributed by atoms with Gasteiger partial charge < -0.3 is 30.6 Å². The fraction of sp³-hybridized carbons (Fsp3) is 0.269. The van der Waals surface area contributed by atoms with Crippen LogP contribution in [0, 0.1) is 0 Å². The van der Waals surface area contributed by atoms with Crippen LogP contribution >= 0.6 is 0 Å². The number of aromatic amines is 1. The van der Waals surface area contributed by atoms with Gasteiger partial charge in [-0.3, -0.25) is 4.79 Å². The number of aliphatic carboxylic acids is 1. The van der Waals surface area contributed by atoms with Crippen molar-refractivity contribution >= 4 is 28.9 Å². The number of hydrogen-bond acceptors (Lipinski definition) is 8. The van der Waals surface area contributed by atoms with Crippen molar-refractivity contribution in [2.75, 3.05) is 32.6 Å². The standard InChI is InChI=1S/C24H26N6O3.C2HF3O2/c1-32-13-11-26-23(31)14-16-2-5-18(6-3-16)33-12-9-22-28-20-7-4-17(15-21(20)29-22)19-8-10-27-24(25)30-19;3-2(4,5)1(6)7/h2-8,10,15H,9,11-14H2,1H3,(H,26,31)(H,28,29)(H2,25,27,30);(H,6,7). The molecule has 0 saturated carbocycles. The van der Waals surface area contributed by atoms with Gasteiger partial charge in [0.25, 0.3) is 0 Å². The first-order valence-corrected chi connectivity index (χ1v) is 11.9. The van der Waals surface area contributed by atoms with Gasteiger partial charge in [0.2, 0.25) is 11.9 Å². The molecule has 0 atom stereocenters. The van der Waals surface area contributed by atoms with E-state index < -0.39 is 12.1 Å². The van der Waals surface area contributed by atoms with Crippen LogP contribution in [0.25, 0.3) is 22.3 Å². The highest BCUT2D eigenvalue weighted by Crippen LogP contribution is 2.22. The van der Waals surface area contributed by atoms with Crippen LogP contribution in [0.4, 0.5) is 19.1 Å². The highest BCUT2D eigenvalue weighted by molar-refractivity contribution is 5.81. The van der Waals surface area contributed by atoms with E-state index in [1.165, 1.54) is 0 Å². The molecule has 5 N–H and O–H groups in total. The highest BCUT2D eigenvalue weighted by Gasteiger charge is 2.38. The van der Waals surface area contributed by atoms with Crippen molar-refractivity contribution in [3.8, 4) is 17.0 Å². The van der Waals surface area contributed by atoms with Crippen molar-refractivity contribution in [2.24, 2.45) is 0 Å². The van der Waals surface area contributed by atoms with E-state index in [-0.39, 0.29) is 11.9 Å². The SMILES string of the molecule is COCCNC(=O)Cc1ccc(OCCc2nc3ccc(-c4ccnc(N)n4)cc3[nH]2)cc1.O=C(O)C(F)(F)F. The summed E-state index contributed by atoms with van der Waals surface area (Å²) in [6.45, 7) is 1.49. The normalized spacial score (nSPS) is 11.0. The molecule has 0 saturated heterocycles. The first-order valence-electron chi connectivity index (χ1n) is 11.9. The molecule has 2 aromatic heterocycles. The number of halogens is 3. The molecule has 4 aromatic rings. The molecule has 0 bridgehead atoms. The number of alkyl halides is 3. The van der Waals surface area contributed by atoms with Crippen LogP contribution in [0.1, 0.15) is 11.4 Å². The van der Waals surface area contributed by atoms with Gasteiger partial charge in [-0.05, 0) is 35.9 Å². The number of carbonyl (C=O) groups is 2. The van der Waals surface area contributed by atoms with Gasteiger partial charge >= 0.3 is 12.1 Å². The molecule has 11 nitrogen and oxygen atoms in total. The average molecular weight is 561 g/mol. The Labute approximate surface area is 226 Å². The van der Waals surface area contributed by atoms with Gasteiger partial charge in [0.1, 0.15) is 11.6 Å². The molecular weight excluding hydrogens is 533 g/mol. The minimum Gasteiger partial charge on any atom is -0.493 e. The summed E-state index contributed by atoms with van der Waals surface area (Å²) in [5, 5.41) is 9.93. The maximum atomic E-state index is 11.9. The Hall–Kier alpha value is -4.72. The minimum atomic E-state index is -5.08. The Kier molecular flexibility index (Phi) is 10.4. The third-order valence-electron chi connectivity index (χ3n) is 5.27. The van der Waals surface area contributed by atoms with Crippen LogP contribution in [-0.4, -0.2) is 70.0 Å². The predicted molar refractivity (Wildman–Crippen MR) is 139 cm³/mol. The van der Waals surface area contributed by atoms with E-state index in [0.717, 1.165) is 39.4 Å². The first-order chi connectivity index (χ1) is 19.0. The predicted octanol–water partition coefficient (Wildman–Crippen LogP) is 3.16. The van der Waals surface area contributed by atoms with Gasteiger partial charge in [-0.15, -0.1) is 0 Å². The number of anilines is 1. The summed E-state index contributed by atoms with van der Waals surface area (Å²) in [5.41, 5.74) is 10.1. The first kappa shape index (κ1) is 29.8. The second-order valence-corrected chi connectivity index (χ2v) is 8.28. The number of H-pyrrole nitrogens is 1. The van der Waals surface area contributed by atoms with Crippen LogP contribution in [-0.2, 0) is 27.2 Å². The molecule has 14 heteroatoms. The lowest BCUT2D eigenvalue weighted by atomic mass is 10.1. The molecule has 0 aliphatic heterocycles. The Bertz CT molecular complexity index is 1430. The molecule has 0 aliphatic carbocycles. The number of carboxylic acid groups (broad SMARTS) is 1. The lowest BCUT2D eigenvalue weighted by Crippen LogP contribution is -2.28. The second-order valence-electron chi connectivity index (χ2n) is 8.28. The quantitative estimate of drug-likeness (QED) is 0.213. The summed E-state index contributed by atoms with van der Waals surface area (Å²) in [4.78, 5) is 36.9. The molecule has 2 heterocycles. The second kappa shape index (κ2) is 13.9. The topological polar surface area (TPSA) is 165 Å². The van der Waals surface area contributed by atoms with Crippen molar-refractivity contribution in [3.63, 3.8) is 0 Å². The van der Waals surface area contributed by atoms with Crippen LogP contribution in [0.5, 0.6) is 5.75 Å². The van der Waals surface area contributed by atoms with E-state index in [1.807, 2.05) is 48.5 Å². The van der Waals surface area contributed by atoms with Gasteiger partial charge in [0, 0.05) is 31.8 Å². The fourth-order valence-corrected chi connectivity index (χ4v) is 3.38. The largest absolute Gasteiger partial charge is 0.493 e. The number of nitrogen functional groups attached to an aromatic ring is 1. The summed E-state index contributed by atoms with van der Waals surface area (Å²) >= 11 is 0. The molecule has 0 spiro atoms. The lowest BCUT2D eigenvalue weighted by molar-refractivity contribution is -0.192. The molecular formula is C26H27F3N6O5. The van der Waals surface area contributed by atoms with Crippen molar-refractivity contribution in [2.45, 2.75) is 19.0 Å². The Morgan fingerprint density at radius 3 is 2.45 bits per heavy atom. The summed E-state index contributed by atoms with van der Waals surface area (Å²) < 4.78 is 42.5. The number of imidazole rings is 1. The Morgan fingerprint density at radius 2 is 1.80 bits per heavy atom. The van der Waals surface area contributed by atoms with Gasteiger partial charge in [0.15, 0.2) is 0 Å². The van der Waals surface area contributed by atoms with Crippen LogP contribution < -0.4 is 15.8 Å². The third-order valence-corrected chi connectivity index (χ3v) is 5.27. The van der Waals surface area contributed by atoms with Gasteiger partial charge in [0.05, 0.1) is 36.4 Å². The summed E-state index contributed by atoms with van der Waals surface area (Å²) in [7, 11) is 1.60. The number of benzene rings is 2. The van der Waals surface area contributed by atoms with Crippen molar-refractivity contribution in [1.82, 2.24) is 25.3 Å². The Morgan fingerprint density at radius 1 is 1.07 bits per heavy atom. The monoisotopic (exact) mass is 560 g/mol. The van der Waals surface area contributed by atoms with E-state index in [2.05, 4.69) is 25.3 Å². The van der Waals surface area contributed by atoms with E-state index in [4.69, 9.17) is 25.1 Å². The highest BCUT2D eigenvalue weighted by atomic mass is 19.4. The van der Waals surface area contributed by atoms with E-state index >= 15 is 0 Å². The van der Waals surface area contributed by atoms with Crippen LogP contribution in [0.15, 0.2) is 54.7 Å². The molecule has 0 unspecified atom stereocenters. The number of amides is 1. The van der Waals surface area contributed by atoms with Crippen molar-refractivity contribution < 1.29 is 37.3 Å². The number of nitrogens with two attached hydrogens (primary N) is 1. The average Bonchev–Trinajstić information content (AvgIpc) is 3.32. The number of ether oxygens (including phenoxy) is 2. The van der Waals surface area contributed by atoms with Gasteiger partial charge in [-0.1, -0.05) is 18.2 Å². The molecule has 40 heavy (non-hydrogen) atoms. The zero-order valence-corrected chi connectivity index (χ0v) is 21.4. The van der Waals surface area contributed by atoms with Crippen LogP contribution in [0.2, 0.25) is 0 Å². The maximum absolute atomic E-state index is 11.9. The summed E-state index contributed by atoms with van der Waals surface area (Å²) in [6.07, 6.45) is -2.48. The molecule has 4 rings (SSSR count). The molecule has 0 fully saturated rings. The number of methoxy groups -OCH3 is 1. The number of nitrogens with one attached hydrogen (secondary N) is 2. The molecule has 2 aromatic carbocycles. The molecule has 1 amide bonds. The molecule has 0 radical (unpaired) electrons. The number of carbonyl (C=O) groups excluding carboxylic acids is 1. The van der Waals surface area contributed by atoms with Gasteiger partial charge in [-0.2, -0.15) is 13.2 Å². The van der Waals surface area contributed by atoms with Crippen LogP contribution in [0.3, 0.4) is 0 Å². The van der Waals surface area contributed by atoms with E-state index in [1.54, 1.807) is 13.3 Å². The van der Waals surface area contributed by atoms with Crippen molar-refractivity contribution in [3.05, 3.63) is 66.1 Å². The number of carboxylic acids is 1. The van der Waals surface area contributed by atoms with Crippen molar-refractivity contribution in [1.29, 1.82) is 0 Å². The summed E-state index contributed by atoms with van der Waals surface area (Å²) in [6, 6.07) is 15.3. The number of aromatic nitrogens is 4. The number of hydrogen-bond donors (Lipinski definition) is 4. The number of nitrogens with zero attached hydrogens (tertiary/aromatic N) is 3. The summed E-state index contributed by atoms with van der Waals surface area (Å²) in [5.74, 6) is -0.954. The lowest BCUT2D eigenvalue weighted by Gasteiger charge is -2.07. The third kappa shape index (κ3) is 9.23. The molecule has 212 valence electrons. The maximum Gasteiger partial charge on any atom is 0.490 e. The minimum absolute atomic E-state index is 0.0306.